The number of likely N-dealkylation sites (N-methyl/N-ethyl adjacent to an activating group) is 1. The number of aryl methyl sites for hydroxylation is 3. The molecule has 0 aromatic heterocycles. The molecule has 0 bridgehead atoms. The molecule has 0 unspecified atom stereocenters. The van der Waals surface area contributed by atoms with Crippen molar-refractivity contribution in [3.63, 3.8) is 0 Å². The summed E-state index contributed by atoms with van der Waals surface area (Å²) >= 11 is 0. The fourth-order valence-corrected chi connectivity index (χ4v) is 4.41. The Morgan fingerprint density at radius 3 is 2.09 bits per heavy atom. The lowest BCUT2D eigenvalue weighted by atomic mass is 10.1. The highest BCUT2D eigenvalue weighted by molar-refractivity contribution is 7.89. The molecule has 5 nitrogen and oxygen atoms in total. The van der Waals surface area contributed by atoms with E-state index in [2.05, 4.69) is 5.32 Å². The number of amides is 1. The normalized spacial score (nSPS) is 12.0. The molecule has 0 atom stereocenters. The molecule has 1 N–H and O–H groups in total. The van der Waals surface area contributed by atoms with Crippen LogP contribution < -0.4 is 5.32 Å². The molecular weight excluding hydrogens is 300 g/mol. The van der Waals surface area contributed by atoms with Crippen molar-refractivity contribution in [1.29, 1.82) is 0 Å². The monoisotopic (exact) mass is 326 g/mol. The molecule has 1 rings (SSSR count). The average molecular weight is 326 g/mol. The summed E-state index contributed by atoms with van der Waals surface area (Å²) in [6, 6.07) is 3.68. The van der Waals surface area contributed by atoms with E-state index in [9.17, 15) is 13.2 Å². The highest BCUT2D eigenvalue weighted by atomic mass is 32.2. The first-order valence-corrected chi connectivity index (χ1v) is 8.91. The molecule has 0 saturated heterocycles. The van der Waals surface area contributed by atoms with Crippen LogP contribution in [0.15, 0.2) is 17.0 Å². The number of hydrogen-bond acceptors (Lipinski definition) is 3. The van der Waals surface area contributed by atoms with Gasteiger partial charge in [0.2, 0.25) is 15.9 Å². The van der Waals surface area contributed by atoms with Gasteiger partial charge in [0.05, 0.1) is 11.4 Å². The molecule has 1 amide bonds. The predicted octanol–water partition coefficient (Wildman–Crippen LogP) is 2.15. The third-order valence-corrected chi connectivity index (χ3v) is 5.55. The maximum absolute atomic E-state index is 12.9. The molecule has 0 radical (unpaired) electrons. The Bertz CT molecular complexity index is 628. The largest absolute Gasteiger partial charge is 0.353 e. The summed E-state index contributed by atoms with van der Waals surface area (Å²) in [6.07, 6.45) is 0. The number of rotatable bonds is 6. The van der Waals surface area contributed by atoms with E-state index >= 15 is 0 Å². The zero-order valence-corrected chi connectivity index (χ0v) is 15.0. The van der Waals surface area contributed by atoms with E-state index in [4.69, 9.17) is 0 Å². The van der Waals surface area contributed by atoms with Gasteiger partial charge in [-0.3, -0.25) is 4.79 Å². The molecule has 0 aliphatic rings. The van der Waals surface area contributed by atoms with Crippen molar-refractivity contribution in [2.24, 2.45) is 0 Å². The first-order chi connectivity index (χ1) is 10.1. The molecular formula is C16H26N2O3S. The van der Waals surface area contributed by atoms with Gasteiger partial charge < -0.3 is 5.32 Å². The van der Waals surface area contributed by atoms with Crippen molar-refractivity contribution in [3.05, 3.63) is 28.8 Å². The fourth-order valence-electron chi connectivity index (χ4n) is 2.60. The van der Waals surface area contributed by atoms with E-state index in [0.29, 0.717) is 16.0 Å². The standard InChI is InChI=1S/C16H26N2O3S/c1-7-18(10-15(19)17-11(2)3)22(20,21)16-13(5)8-12(4)9-14(16)6/h8-9,11H,7,10H2,1-6H3,(H,17,19). The van der Waals surface area contributed by atoms with Gasteiger partial charge in [-0.1, -0.05) is 24.6 Å². The predicted molar refractivity (Wildman–Crippen MR) is 88.4 cm³/mol. The van der Waals surface area contributed by atoms with Crippen LogP contribution in [0.25, 0.3) is 0 Å². The summed E-state index contributed by atoms with van der Waals surface area (Å²) in [5.41, 5.74) is 2.44. The van der Waals surface area contributed by atoms with Gasteiger partial charge in [0.25, 0.3) is 0 Å². The Hall–Kier alpha value is -1.40. The summed E-state index contributed by atoms with van der Waals surface area (Å²) < 4.78 is 27.0. The van der Waals surface area contributed by atoms with Crippen LogP contribution in [0.4, 0.5) is 0 Å². The minimum atomic E-state index is -3.69. The van der Waals surface area contributed by atoms with E-state index in [1.807, 2.05) is 32.9 Å². The SMILES string of the molecule is CCN(CC(=O)NC(C)C)S(=O)(=O)c1c(C)cc(C)cc1C. The molecule has 6 heteroatoms. The van der Waals surface area contributed by atoms with Crippen molar-refractivity contribution in [2.75, 3.05) is 13.1 Å². The van der Waals surface area contributed by atoms with Crippen LogP contribution in [0.2, 0.25) is 0 Å². The lowest BCUT2D eigenvalue weighted by molar-refractivity contribution is -0.121. The molecule has 0 fully saturated rings. The van der Waals surface area contributed by atoms with Gasteiger partial charge in [-0.15, -0.1) is 0 Å². The number of hydrogen-bond donors (Lipinski definition) is 1. The van der Waals surface area contributed by atoms with Crippen molar-refractivity contribution in [2.45, 2.75) is 52.5 Å². The Balaban J connectivity index is 3.18. The molecule has 0 aliphatic carbocycles. The van der Waals surface area contributed by atoms with Crippen LogP contribution in [-0.2, 0) is 14.8 Å². The molecule has 0 spiro atoms. The molecule has 22 heavy (non-hydrogen) atoms. The smallest absolute Gasteiger partial charge is 0.244 e. The Morgan fingerprint density at radius 2 is 1.68 bits per heavy atom. The summed E-state index contributed by atoms with van der Waals surface area (Å²) in [5, 5.41) is 2.72. The van der Waals surface area contributed by atoms with Gasteiger partial charge in [0.15, 0.2) is 0 Å². The quantitative estimate of drug-likeness (QED) is 0.871. The van der Waals surface area contributed by atoms with Crippen LogP contribution in [0.3, 0.4) is 0 Å². The Labute approximate surface area is 133 Å². The van der Waals surface area contributed by atoms with Gasteiger partial charge in [0.1, 0.15) is 0 Å². The molecule has 0 aliphatic heterocycles. The number of sulfonamides is 1. The van der Waals surface area contributed by atoms with E-state index < -0.39 is 10.0 Å². The van der Waals surface area contributed by atoms with Gasteiger partial charge in [-0.25, -0.2) is 8.42 Å². The third-order valence-electron chi connectivity index (χ3n) is 3.32. The summed E-state index contributed by atoms with van der Waals surface area (Å²) in [6.45, 7) is 11.0. The lowest BCUT2D eigenvalue weighted by Gasteiger charge is -2.23. The van der Waals surface area contributed by atoms with E-state index in [1.165, 1.54) is 4.31 Å². The zero-order valence-electron chi connectivity index (χ0n) is 14.2. The first-order valence-electron chi connectivity index (χ1n) is 7.47. The van der Waals surface area contributed by atoms with Gasteiger partial charge in [-0.05, 0) is 45.7 Å². The summed E-state index contributed by atoms with van der Waals surface area (Å²) in [7, 11) is -3.69. The highest BCUT2D eigenvalue weighted by Gasteiger charge is 2.28. The summed E-state index contributed by atoms with van der Waals surface area (Å²) in [5.74, 6) is -0.289. The maximum atomic E-state index is 12.9. The van der Waals surface area contributed by atoms with Crippen LogP contribution >= 0.6 is 0 Å². The van der Waals surface area contributed by atoms with E-state index in [0.717, 1.165) is 5.56 Å². The number of benzene rings is 1. The maximum Gasteiger partial charge on any atom is 0.244 e. The van der Waals surface area contributed by atoms with Crippen molar-refractivity contribution < 1.29 is 13.2 Å². The average Bonchev–Trinajstić information content (AvgIpc) is 2.32. The number of carbonyl (C=O) groups excluding carboxylic acids is 1. The van der Waals surface area contributed by atoms with Crippen LogP contribution in [0.1, 0.15) is 37.5 Å². The van der Waals surface area contributed by atoms with Crippen molar-refractivity contribution >= 4 is 15.9 Å². The van der Waals surface area contributed by atoms with Crippen LogP contribution in [0, 0.1) is 20.8 Å². The van der Waals surface area contributed by atoms with Gasteiger partial charge >= 0.3 is 0 Å². The number of carbonyl (C=O) groups is 1. The first kappa shape index (κ1) is 18.6. The second-order valence-electron chi connectivity index (χ2n) is 5.88. The lowest BCUT2D eigenvalue weighted by Crippen LogP contribution is -2.42. The van der Waals surface area contributed by atoms with Gasteiger partial charge in [0, 0.05) is 12.6 Å². The number of nitrogens with one attached hydrogen (secondary N) is 1. The van der Waals surface area contributed by atoms with Gasteiger partial charge in [-0.2, -0.15) is 4.31 Å². The second kappa shape index (κ2) is 7.24. The van der Waals surface area contributed by atoms with E-state index in [1.54, 1.807) is 20.8 Å². The third kappa shape index (κ3) is 4.30. The molecule has 124 valence electrons. The molecule has 1 aromatic carbocycles. The van der Waals surface area contributed by atoms with Crippen LogP contribution in [-0.4, -0.2) is 37.8 Å². The summed E-state index contributed by atoms with van der Waals surface area (Å²) in [4.78, 5) is 12.2. The van der Waals surface area contributed by atoms with Crippen molar-refractivity contribution in [3.8, 4) is 0 Å². The zero-order chi connectivity index (χ0) is 17.1. The van der Waals surface area contributed by atoms with Crippen molar-refractivity contribution in [1.82, 2.24) is 9.62 Å². The minimum absolute atomic E-state index is 0.0169. The van der Waals surface area contributed by atoms with E-state index in [-0.39, 0.29) is 25.0 Å². The Kier molecular flexibility index (Phi) is 6.14. The minimum Gasteiger partial charge on any atom is -0.353 e. The molecule has 0 heterocycles. The Morgan fingerprint density at radius 1 is 1.18 bits per heavy atom. The molecule has 1 aromatic rings. The molecule has 0 saturated carbocycles. The second-order valence-corrected chi connectivity index (χ2v) is 7.76. The highest BCUT2D eigenvalue weighted by Crippen LogP contribution is 2.25. The fraction of sp³-hybridized carbons (Fsp3) is 0.562. The number of nitrogens with zero attached hydrogens (tertiary/aromatic N) is 1. The van der Waals surface area contributed by atoms with Crippen LogP contribution in [0.5, 0.6) is 0 Å². The topological polar surface area (TPSA) is 66.5 Å².